The topological polar surface area (TPSA) is 67.8 Å². The van der Waals surface area contributed by atoms with Crippen LogP contribution in [-0.2, 0) is 4.79 Å². The molecule has 0 saturated carbocycles. The summed E-state index contributed by atoms with van der Waals surface area (Å²) in [5.74, 6) is 4.76. The normalized spacial score (nSPS) is 14.0. The zero-order valence-corrected chi connectivity index (χ0v) is 5.66. The van der Waals surface area contributed by atoms with E-state index in [4.69, 9.17) is 5.84 Å². The molecule has 0 saturated heterocycles. The molecule has 0 fully saturated rings. The average molecular weight is 129 g/mol. The minimum atomic E-state index is -0.338. The fourth-order valence-corrected chi connectivity index (χ4v) is 0.531. The number of nitrogens with zero attached hydrogens (tertiary/aromatic N) is 2. The van der Waals surface area contributed by atoms with Crippen molar-refractivity contribution in [3.63, 3.8) is 0 Å². The van der Waals surface area contributed by atoms with Crippen LogP contribution >= 0.6 is 0 Å². The van der Waals surface area contributed by atoms with Crippen molar-refractivity contribution in [1.29, 1.82) is 0 Å². The van der Waals surface area contributed by atoms with Crippen molar-refractivity contribution in [1.82, 2.24) is 0 Å². The summed E-state index contributed by atoms with van der Waals surface area (Å²) < 4.78 is 0. The highest BCUT2D eigenvalue weighted by atomic mass is 16.1. The van der Waals surface area contributed by atoms with Gasteiger partial charge in [0, 0.05) is 0 Å². The molecule has 0 aromatic carbocycles. The molecule has 0 aliphatic heterocycles. The SMILES string of the molecule is CCC(N=NN)C(C)=O. The summed E-state index contributed by atoms with van der Waals surface area (Å²) in [7, 11) is 0. The molecule has 1 atom stereocenters. The molecular formula is C5H11N3O. The van der Waals surface area contributed by atoms with Gasteiger partial charge < -0.3 is 5.84 Å². The third-order valence-corrected chi connectivity index (χ3v) is 1.06. The first-order chi connectivity index (χ1) is 4.22. The monoisotopic (exact) mass is 129 g/mol. The van der Waals surface area contributed by atoms with Gasteiger partial charge >= 0.3 is 0 Å². The lowest BCUT2D eigenvalue weighted by Crippen LogP contribution is -2.13. The molecule has 1 unspecified atom stereocenters. The zero-order chi connectivity index (χ0) is 7.28. The summed E-state index contributed by atoms with van der Waals surface area (Å²) in [6.07, 6.45) is 0.663. The number of Topliss-reactive ketones (excluding diaryl/α,β-unsaturated/α-hetero) is 1. The molecule has 0 aromatic rings. The third kappa shape index (κ3) is 2.79. The quantitative estimate of drug-likeness (QED) is 0.346. The molecule has 0 aromatic heterocycles. The van der Waals surface area contributed by atoms with E-state index in [9.17, 15) is 4.79 Å². The molecule has 4 nitrogen and oxygen atoms in total. The molecule has 0 amide bonds. The van der Waals surface area contributed by atoms with Gasteiger partial charge in [0.1, 0.15) is 6.04 Å². The second-order valence-corrected chi connectivity index (χ2v) is 1.77. The Labute approximate surface area is 54.1 Å². The molecule has 0 spiro atoms. The van der Waals surface area contributed by atoms with Crippen LogP contribution in [0.3, 0.4) is 0 Å². The first kappa shape index (κ1) is 8.07. The second kappa shape index (κ2) is 4.00. The number of carbonyl (C=O) groups is 1. The van der Waals surface area contributed by atoms with Crippen molar-refractivity contribution in [2.45, 2.75) is 26.3 Å². The molecule has 4 heteroatoms. The van der Waals surface area contributed by atoms with E-state index in [0.717, 1.165) is 0 Å². The van der Waals surface area contributed by atoms with Crippen LogP contribution in [-0.4, -0.2) is 11.8 Å². The Morgan fingerprint density at radius 1 is 1.78 bits per heavy atom. The van der Waals surface area contributed by atoms with Crippen LogP contribution in [0.5, 0.6) is 0 Å². The maximum absolute atomic E-state index is 10.6. The van der Waals surface area contributed by atoms with Gasteiger partial charge in [-0.2, -0.15) is 5.11 Å². The van der Waals surface area contributed by atoms with Crippen LogP contribution in [0.2, 0.25) is 0 Å². The molecule has 2 N–H and O–H groups in total. The van der Waals surface area contributed by atoms with E-state index in [0.29, 0.717) is 6.42 Å². The molecular weight excluding hydrogens is 118 g/mol. The minimum Gasteiger partial charge on any atom is -0.305 e. The van der Waals surface area contributed by atoms with Crippen molar-refractivity contribution < 1.29 is 4.79 Å². The van der Waals surface area contributed by atoms with Crippen LogP contribution in [0.1, 0.15) is 20.3 Å². The Balaban J connectivity index is 3.83. The van der Waals surface area contributed by atoms with Crippen molar-refractivity contribution in [3.05, 3.63) is 0 Å². The predicted molar refractivity (Wildman–Crippen MR) is 33.8 cm³/mol. The first-order valence-corrected chi connectivity index (χ1v) is 2.82. The van der Waals surface area contributed by atoms with Crippen LogP contribution in [0.15, 0.2) is 10.3 Å². The number of hydrogen-bond acceptors (Lipinski definition) is 3. The second-order valence-electron chi connectivity index (χ2n) is 1.77. The zero-order valence-electron chi connectivity index (χ0n) is 5.66. The van der Waals surface area contributed by atoms with Crippen molar-refractivity contribution in [2.75, 3.05) is 0 Å². The van der Waals surface area contributed by atoms with Gasteiger partial charge in [-0.1, -0.05) is 12.1 Å². The third-order valence-electron chi connectivity index (χ3n) is 1.06. The lowest BCUT2D eigenvalue weighted by atomic mass is 10.2. The Bertz CT molecular complexity index is 121. The van der Waals surface area contributed by atoms with Gasteiger partial charge in [-0.15, -0.1) is 0 Å². The van der Waals surface area contributed by atoms with Gasteiger partial charge in [0.2, 0.25) is 0 Å². The summed E-state index contributed by atoms with van der Waals surface area (Å²) in [5.41, 5.74) is 0. The average Bonchev–Trinajstić information content (AvgIpc) is 1.82. The molecule has 9 heavy (non-hydrogen) atoms. The number of rotatable bonds is 3. The molecule has 52 valence electrons. The van der Waals surface area contributed by atoms with E-state index >= 15 is 0 Å². The lowest BCUT2D eigenvalue weighted by Gasteiger charge is -1.99. The number of nitrogens with two attached hydrogens (primary N) is 1. The summed E-state index contributed by atoms with van der Waals surface area (Å²) in [5, 5.41) is 6.53. The molecule has 0 bridgehead atoms. The molecule has 0 rings (SSSR count). The predicted octanol–water partition coefficient (Wildman–Crippen LogP) is 0.680. The van der Waals surface area contributed by atoms with Gasteiger partial charge in [-0.05, 0) is 13.3 Å². The Kier molecular flexibility index (Phi) is 3.59. The van der Waals surface area contributed by atoms with Crippen molar-refractivity contribution in [3.8, 4) is 0 Å². The lowest BCUT2D eigenvalue weighted by molar-refractivity contribution is -0.118. The van der Waals surface area contributed by atoms with E-state index in [-0.39, 0.29) is 11.8 Å². The van der Waals surface area contributed by atoms with Gasteiger partial charge in [0.05, 0.1) is 0 Å². The fraction of sp³-hybridized carbons (Fsp3) is 0.800. The maximum atomic E-state index is 10.6. The van der Waals surface area contributed by atoms with Gasteiger partial charge in [-0.25, -0.2) is 0 Å². The van der Waals surface area contributed by atoms with E-state index in [1.165, 1.54) is 6.92 Å². The number of hydrogen-bond donors (Lipinski definition) is 1. The van der Waals surface area contributed by atoms with Gasteiger partial charge in [-0.3, -0.25) is 4.79 Å². The standard InChI is InChI=1S/C5H11N3O/c1-3-5(4(2)9)7-8-6/h5H,3H2,1-2H3,(H2,6,7). The molecule has 0 aliphatic carbocycles. The molecule has 0 aliphatic rings. The Morgan fingerprint density at radius 3 is 2.44 bits per heavy atom. The highest BCUT2D eigenvalue weighted by Crippen LogP contribution is 1.97. The van der Waals surface area contributed by atoms with Gasteiger partial charge in [0.25, 0.3) is 0 Å². The smallest absolute Gasteiger partial charge is 0.156 e. The fourth-order valence-electron chi connectivity index (χ4n) is 0.531. The van der Waals surface area contributed by atoms with Crippen LogP contribution in [0.25, 0.3) is 0 Å². The van der Waals surface area contributed by atoms with E-state index in [1.807, 2.05) is 6.92 Å². The van der Waals surface area contributed by atoms with E-state index < -0.39 is 0 Å². The summed E-state index contributed by atoms with van der Waals surface area (Å²) in [6, 6.07) is -0.338. The largest absolute Gasteiger partial charge is 0.305 e. The summed E-state index contributed by atoms with van der Waals surface area (Å²) >= 11 is 0. The maximum Gasteiger partial charge on any atom is 0.156 e. The van der Waals surface area contributed by atoms with Crippen LogP contribution < -0.4 is 5.84 Å². The Morgan fingerprint density at radius 2 is 2.33 bits per heavy atom. The molecule has 0 radical (unpaired) electrons. The van der Waals surface area contributed by atoms with Crippen molar-refractivity contribution in [2.24, 2.45) is 16.2 Å². The first-order valence-electron chi connectivity index (χ1n) is 2.82. The van der Waals surface area contributed by atoms with Crippen LogP contribution in [0, 0.1) is 0 Å². The Hall–Kier alpha value is -0.930. The minimum absolute atomic E-state index is 0.00620. The highest BCUT2D eigenvalue weighted by Gasteiger charge is 2.08. The van der Waals surface area contributed by atoms with Gasteiger partial charge in [0.15, 0.2) is 5.78 Å². The molecule has 0 heterocycles. The summed E-state index contributed by atoms with van der Waals surface area (Å²) in [6.45, 7) is 3.34. The van der Waals surface area contributed by atoms with E-state index in [1.54, 1.807) is 0 Å². The highest BCUT2D eigenvalue weighted by molar-refractivity contribution is 5.81. The van der Waals surface area contributed by atoms with Crippen molar-refractivity contribution >= 4 is 5.78 Å². The number of carbonyl (C=O) groups excluding carboxylic acids is 1. The number of ketones is 1. The van der Waals surface area contributed by atoms with Crippen LogP contribution in [0.4, 0.5) is 0 Å². The van der Waals surface area contributed by atoms with E-state index in [2.05, 4.69) is 10.3 Å². The summed E-state index contributed by atoms with van der Waals surface area (Å²) in [4.78, 5) is 10.6.